The van der Waals surface area contributed by atoms with Crippen LogP contribution in [0, 0.1) is 0 Å². The zero-order valence-electron chi connectivity index (χ0n) is 15.2. The topological polar surface area (TPSA) is 89.6 Å². The molecule has 2 amide bonds. The summed E-state index contributed by atoms with van der Waals surface area (Å²) < 4.78 is 45.3. The van der Waals surface area contributed by atoms with Crippen molar-refractivity contribution in [3.05, 3.63) is 40.9 Å². The molecule has 0 unspecified atom stereocenters. The highest BCUT2D eigenvalue weighted by molar-refractivity contribution is 7.14. The van der Waals surface area contributed by atoms with Gasteiger partial charge in [0.15, 0.2) is 5.13 Å². The fraction of sp³-hybridized carbons (Fsp3) is 0.353. The molecule has 0 bridgehead atoms. The number of hydrogen-bond donors (Lipinski definition) is 2. The van der Waals surface area contributed by atoms with Crippen LogP contribution in [0.2, 0.25) is 0 Å². The highest BCUT2D eigenvalue weighted by Crippen LogP contribution is 2.23. The molecule has 152 valence electrons. The Hall–Kier alpha value is -2.82. The quantitative estimate of drug-likeness (QED) is 0.756. The number of rotatable bonds is 5. The number of thiazole rings is 1. The van der Waals surface area contributed by atoms with E-state index in [4.69, 9.17) is 4.74 Å². The minimum absolute atomic E-state index is 0.116. The number of carbonyl (C=O) groups excluding carboxylic acids is 2. The Bertz CT molecular complexity index is 829. The lowest BCUT2D eigenvalue weighted by molar-refractivity contribution is -0.274. The number of carbonyl (C=O) groups is 2. The highest BCUT2D eigenvalue weighted by Gasteiger charge is 2.31. The van der Waals surface area contributed by atoms with Crippen molar-refractivity contribution in [1.29, 1.82) is 0 Å². The van der Waals surface area contributed by atoms with Crippen molar-refractivity contribution < 1.29 is 32.2 Å². The lowest BCUT2D eigenvalue weighted by atomic mass is 10.2. The van der Waals surface area contributed by atoms with E-state index < -0.39 is 29.7 Å². The zero-order chi connectivity index (χ0) is 20.9. The van der Waals surface area contributed by atoms with Gasteiger partial charge in [-0.2, -0.15) is 0 Å². The molecular weight excluding hydrogens is 399 g/mol. The Morgan fingerprint density at radius 2 is 1.79 bits per heavy atom. The third-order valence-electron chi connectivity index (χ3n) is 2.94. The number of benzene rings is 1. The summed E-state index contributed by atoms with van der Waals surface area (Å²) in [6.45, 7) is 5.34. The maximum absolute atomic E-state index is 12.1. The van der Waals surface area contributed by atoms with E-state index in [9.17, 15) is 22.8 Å². The molecule has 0 saturated heterocycles. The van der Waals surface area contributed by atoms with Gasteiger partial charge in [0.25, 0.3) is 5.91 Å². The lowest BCUT2D eigenvalue weighted by Crippen LogP contribution is -2.32. The van der Waals surface area contributed by atoms with E-state index in [0.29, 0.717) is 5.69 Å². The van der Waals surface area contributed by atoms with Gasteiger partial charge in [-0.05, 0) is 45.0 Å². The summed E-state index contributed by atoms with van der Waals surface area (Å²) in [7, 11) is 0. The standard InChI is InChI=1S/C17H18F3N3O4S/c1-16(2,3)27-15(25)21-8-11-9-28-14(22-11)23-13(24)10-4-6-12(7-5-10)26-17(18,19)20/h4-7,9H,8H2,1-3H3,(H,21,25)(H,22,23,24). The Balaban J connectivity index is 1.89. The number of aromatic nitrogens is 1. The smallest absolute Gasteiger partial charge is 0.444 e. The summed E-state index contributed by atoms with van der Waals surface area (Å²) in [6, 6.07) is 4.49. The summed E-state index contributed by atoms with van der Waals surface area (Å²) in [5.41, 5.74) is 0.0321. The molecule has 0 saturated carbocycles. The minimum Gasteiger partial charge on any atom is -0.444 e. The van der Waals surface area contributed by atoms with Crippen LogP contribution in [0.15, 0.2) is 29.6 Å². The van der Waals surface area contributed by atoms with Gasteiger partial charge in [0.05, 0.1) is 12.2 Å². The number of nitrogens with zero attached hydrogens (tertiary/aromatic N) is 1. The first-order chi connectivity index (χ1) is 12.9. The van der Waals surface area contributed by atoms with Crippen molar-refractivity contribution >= 4 is 28.5 Å². The molecule has 7 nitrogen and oxygen atoms in total. The number of ether oxygens (including phenoxy) is 2. The van der Waals surface area contributed by atoms with E-state index >= 15 is 0 Å². The van der Waals surface area contributed by atoms with Crippen LogP contribution in [0.4, 0.5) is 23.1 Å². The molecule has 2 aromatic rings. The van der Waals surface area contributed by atoms with Crippen LogP contribution >= 0.6 is 11.3 Å². The Labute approximate surface area is 162 Å². The SMILES string of the molecule is CC(C)(C)OC(=O)NCc1csc(NC(=O)c2ccc(OC(F)(F)F)cc2)n1. The Kier molecular flexibility index (Phi) is 6.49. The van der Waals surface area contributed by atoms with E-state index in [-0.39, 0.29) is 17.2 Å². The van der Waals surface area contributed by atoms with Gasteiger partial charge >= 0.3 is 12.5 Å². The van der Waals surface area contributed by atoms with Crippen LogP contribution in [0.25, 0.3) is 0 Å². The number of anilines is 1. The first kappa shape index (κ1) is 21.5. The first-order valence-corrected chi connectivity index (χ1v) is 8.88. The average Bonchev–Trinajstić information content (AvgIpc) is 2.98. The van der Waals surface area contributed by atoms with Gasteiger partial charge in [-0.15, -0.1) is 24.5 Å². The average molecular weight is 417 g/mol. The molecule has 0 spiro atoms. The van der Waals surface area contributed by atoms with Crippen LogP contribution in [-0.4, -0.2) is 28.9 Å². The van der Waals surface area contributed by atoms with E-state index in [0.717, 1.165) is 23.5 Å². The van der Waals surface area contributed by atoms with Crippen molar-refractivity contribution in [2.75, 3.05) is 5.32 Å². The molecule has 0 atom stereocenters. The second-order valence-electron chi connectivity index (χ2n) is 6.53. The number of amides is 2. The molecular formula is C17H18F3N3O4S. The predicted molar refractivity (Wildman–Crippen MR) is 96.3 cm³/mol. The lowest BCUT2D eigenvalue weighted by Gasteiger charge is -2.19. The maximum Gasteiger partial charge on any atom is 0.573 e. The second-order valence-corrected chi connectivity index (χ2v) is 7.38. The fourth-order valence-corrected chi connectivity index (χ4v) is 2.61. The van der Waals surface area contributed by atoms with Gasteiger partial charge in [0, 0.05) is 10.9 Å². The number of alkyl carbamates (subject to hydrolysis) is 1. The van der Waals surface area contributed by atoms with Gasteiger partial charge in [-0.25, -0.2) is 9.78 Å². The first-order valence-electron chi connectivity index (χ1n) is 8.00. The van der Waals surface area contributed by atoms with Gasteiger partial charge in [-0.1, -0.05) is 0 Å². The van der Waals surface area contributed by atoms with Crippen LogP contribution in [-0.2, 0) is 11.3 Å². The highest BCUT2D eigenvalue weighted by atomic mass is 32.1. The van der Waals surface area contributed by atoms with Crippen LogP contribution in [0.3, 0.4) is 0 Å². The summed E-state index contributed by atoms with van der Waals surface area (Å²) in [5, 5.41) is 7.00. The number of nitrogens with one attached hydrogen (secondary N) is 2. The molecule has 0 aliphatic carbocycles. The van der Waals surface area contributed by atoms with Crippen molar-refractivity contribution in [1.82, 2.24) is 10.3 Å². The van der Waals surface area contributed by atoms with E-state index in [1.807, 2.05) is 0 Å². The molecule has 0 aliphatic heterocycles. The van der Waals surface area contributed by atoms with Gasteiger partial charge < -0.3 is 14.8 Å². The van der Waals surface area contributed by atoms with Crippen LogP contribution in [0.1, 0.15) is 36.8 Å². The zero-order valence-corrected chi connectivity index (χ0v) is 16.0. The second kappa shape index (κ2) is 8.46. The maximum atomic E-state index is 12.1. The Morgan fingerprint density at radius 1 is 1.14 bits per heavy atom. The molecule has 2 N–H and O–H groups in total. The fourth-order valence-electron chi connectivity index (χ4n) is 1.90. The largest absolute Gasteiger partial charge is 0.573 e. The molecule has 0 aliphatic rings. The predicted octanol–water partition coefficient (Wildman–Crippen LogP) is 4.32. The van der Waals surface area contributed by atoms with Crippen LogP contribution < -0.4 is 15.4 Å². The summed E-state index contributed by atoms with van der Waals surface area (Å²) >= 11 is 1.14. The summed E-state index contributed by atoms with van der Waals surface area (Å²) in [4.78, 5) is 27.9. The van der Waals surface area contributed by atoms with Gasteiger partial charge in [0.2, 0.25) is 0 Å². The normalized spacial score (nSPS) is 11.6. The van der Waals surface area contributed by atoms with Crippen LogP contribution in [0.5, 0.6) is 5.75 Å². The third-order valence-corrected chi connectivity index (χ3v) is 3.74. The number of halogens is 3. The van der Waals surface area contributed by atoms with Crippen molar-refractivity contribution in [2.45, 2.75) is 39.3 Å². The molecule has 0 fully saturated rings. The van der Waals surface area contributed by atoms with E-state index in [1.165, 1.54) is 12.1 Å². The molecule has 1 heterocycles. The molecule has 28 heavy (non-hydrogen) atoms. The molecule has 11 heteroatoms. The minimum atomic E-state index is -4.80. The van der Waals surface area contributed by atoms with E-state index in [1.54, 1.807) is 26.2 Å². The monoisotopic (exact) mass is 417 g/mol. The number of hydrogen-bond acceptors (Lipinski definition) is 6. The Morgan fingerprint density at radius 3 is 2.36 bits per heavy atom. The van der Waals surface area contributed by atoms with Crippen molar-refractivity contribution in [2.24, 2.45) is 0 Å². The molecule has 1 aromatic heterocycles. The van der Waals surface area contributed by atoms with Crippen molar-refractivity contribution in [3.63, 3.8) is 0 Å². The molecule has 2 rings (SSSR count). The summed E-state index contributed by atoms with van der Waals surface area (Å²) in [5.74, 6) is -0.964. The van der Waals surface area contributed by atoms with Gasteiger partial charge in [0.1, 0.15) is 11.4 Å². The summed E-state index contributed by atoms with van der Waals surface area (Å²) in [6.07, 6.45) is -5.39. The van der Waals surface area contributed by atoms with Crippen molar-refractivity contribution in [3.8, 4) is 5.75 Å². The van der Waals surface area contributed by atoms with Gasteiger partial charge in [-0.3, -0.25) is 10.1 Å². The third kappa shape index (κ3) is 7.43. The number of alkyl halides is 3. The molecule has 1 aromatic carbocycles. The van der Waals surface area contributed by atoms with E-state index in [2.05, 4.69) is 20.4 Å². The molecule has 0 radical (unpaired) electrons.